The quantitative estimate of drug-likeness (QED) is 0.0782. The number of ketones is 1. The Kier molecular flexibility index (Phi) is 11.0. The van der Waals surface area contributed by atoms with Crippen LogP contribution in [0.1, 0.15) is 39.0 Å². The van der Waals surface area contributed by atoms with Gasteiger partial charge in [0.1, 0.15) is 17.5 Å². The average Bonchev–Trinajstić information content (AvgIpc) is 3.09. The van der Waals surface area contributed by atoms with Gasteiger partial charge in [-0.2, -0.15) is 0 Å². The molecule has 5 rings (SSSR count). The number of para-hydroxylation sites is 3. The van der Waals surface area contributed by atoms with Gasteiger partial charge in [0.05, 0.1) is 13.7 Å². The molecule has 3 N–H and O–H groups in total. The van der Waals surface area contributed by atoms with Crippen LogP contribution in [0.5, 0.6) is 11.5 Å². The molecule has 7 heteroatoms. The van der Waals surface area contributed by atoms with Crippen LogP contribution in [0.3, 0.4) is 0 Å². The number of hydrogen-bond donors (Lipinski definition) is 3. The molecule has 0 aliphatic rings. The van der Waals surface area contributed by atoms with E-state index in [2.05, 4.69) is 28.8 Å². The lowest BCUT2D eigenvalue weighted by molar-refractivity contribution is -0.137. The minimum absolute atomic E-state index is 0.165. The Morgan fingerprint density at radius 2 is 1.39 bits per heavy atom. The highest BCUT2D eigenvalue weighted by atomic mass is 16.5. The summed E-state index contributed by atoms with van der Waals surface area (Å²) >= 11 is 0. The lowest BCUT2D eigenvalue weighted by atomic mass is 10.00. The summed E-state index contributed by atoms with van der Waals surface area (Å²) in [5.74, 6) is 0.437. The van der Waals surface area contributed by atoms with Gasteiger partial charge in [-0.1, -0.05) is 91.0 Å². The number of benzene rings is 5. The third-order valence-corrected chi connectivity index (χ3v) is 7.69. The smallest absolute Gasteiger partial charge is 0.326 e. The van der Waals surface area contributed by atoms with Crippen molar-refractivity contribution in [3.63, 3.8) is 0 Å². The summed E-state index contributed by atoms with van der Waals surface area (Å²) in [6.07, 6.45) is 1.81. The normalized spacial score (nSPS) is 11.3. The van der Waals surface area contributed by atoms with Crippen molar-refractivity contribution in [1.29, 1.82) is 0 Å². The molecule has 0 spiro atoms. The standard InChI is InChI=1S/C39H38N2O5/c1-45-37-19-10-6-15-31(37)27-30-14-5-8-17-34(30)40-24-11-25-46-32-22-20-28(21-23-32)26-36(39(43)44)41-35-18-9-7-16-33(35)38(42)29-12-3-2-4-13-29/h2-10,12-23,36,40-41H,11,24-27H2,1H3,(H,43,44). The Labute approximate surface area is 269 Å². The van der Waals surface area contributed by atoms with E-state index in [0.717, 1.165) is 47.7 Å². The second-order valence-electron chi connectivity index (χ2n) is 10.9. The Morgan fingerprint density at radius 3 is 2.13 bits per heavy atom. The highest BCUT2D eigenvalue weighted by molar-refractivity contribution is 6.12. The van der Waals surface area contributed by atoms with Crippen LogP contribution in [-0.4, -0.2) is 43.2 Å². The Balaban J connectivity index is 1.12. The Hall–Kier alpha value is -5.56. The van der Waals surface area contributed by atoms with Gasteiger partial charge in [-0.15, -0.1) is 0 Å². The highest BCUT2D eigenvalue weighted by Gasteiger charge is 2.21. The first kappa shape index (κ1) is 31.9. The maximum absolute atomic E-state index is 13.1. The van der Waals surface area contributed by atoms with Crippen molar-refractivity contribution in [1.82, 2.24) is 0 Å². The summed E-state index contributed by atoms with van der Waals surface area (Å²) in [7, 11) is 1.69. The topological polar surface area (TPSA) is 96.9 Å². The Bertz CT molecular complexity index is 1740. The van der Waals surface area contributed by atoms with Gasteiger partial charge in [-0.05, 0) is 59.5 Å². The van der Waals surface area contributed by atoms with Gasteiger partial charge in [0.2, 0.25) is 0 Å². The monoisotopic (exact) mass is 614 g/mol. The number of ether oxygens (including phenoxy) is 2. The van der Waals surface area contributed by atoms with Crippen LogP contribution in [0.25, 0.3) is 0 Å². The number of carbonyl (C=O) groups is 2. The van der Waals surface area contributed by atoms with Crippen LogP contribution in [0.2, 0.25) is 0 Å². The van der Waals surface area contributed by atoms with Crippen LogP contribution in [0.15, 0.2) is 127 Å². The minimum Gasteiger partial charge on any atom is -0.496 e. The molecule has 0 saturated carbocycles. The number of methoxy groups -OCH3 is 1. The fourth-order valence-electron chi connectivity index (χ4n) is 5.28. The van der Waals surface area contributed by atoms with Gasteiger partial charge in [0.25, 0.3) is 0 Å². The molecule has 0 saturated heterocycles. The van der Waals surface area contributed by atoms with Crippen LogP contribution in [0, 0.1) is 0 Å². The minimum atomic E-state index is -1.00. The zero-order valence-corrected chi connectivity index (χ0v) is 25.8. The van der Waals surface area contributed by atoms with Crippen molar-refractivity contribution in [3.05, 3.63) is 155 Å². The van der Waals surface area contributed by atoms with Crippen molar-refractivity contribution in [2.45, 2.75) is 25.3 Å². The fourth-order valence-corrected chi connectivity index (χ4v) is 5.28. The third kappa shape index (κ3) is 8.54. The van der Waals surface area contributed by atoms with Crippen molar-refractivity contribution in [2.75, 3.05) is 30.9 Å². The lowest BCUT2D eigenvalue weighted by Crippen LogP contribution is -2.32. The van der Waals surface area contributed by atoms with Gasteiger partial charge in [0, 0.05) is 41.9 Å². The van der Waals surface area contributed by atoms with Crippen LogP contribution in [0.4, 0.5) is 11.4 Å². The lowest BCUT2D eigenvalue weighted by Gasteiger charge is -2.18. The Morgan fingerprint density at radius 1 is 0.739 bits per heavy atom. The number of carboxylic acid groups (broad SMARTS) is 1. The molecule has 7 nitrogen and oxygen atoms in total. The van der Waals surface area contributed by atoms with Gasteiger partial charge in [0.15, 0.2) is 5.78 Å². The van der Waals surface area contributed by atoms with Crippen LogP contribution < -0.4 is 20.1 Å². The van der Waals surface area contributed by atoms with Crippen molar-refractivity contribution in [2.24, 2.45) is 0 Å². The molecule has 0 bridgehead atoms. The number of rotatable bonds is 16. The van der Waals surface area contributed by atoms with Crippen molar-refractivity contribution < 1.29 is 24.2 Å². The number of carbonyl (C=O) groups excluding carboxylic acids is 1. The number of anilines is 2. The number of hydrogen-bond acceptors (Lipinski definition) is 6. The molecule has 0 aromatic heterocycles. The molecule has 0 amide bonds. The van der Waals surface area contributed by atoms with Gasteiger partial charge >= 0.3 is 5.97 Å². The summed E-state index contributed by atoms with van der Waals surface area (Å²) in [5, 5.41) is 16.6. The maximum atomic E-state index is 13.1. The number of aliphatic carboxylic acids is 1. The molecule has 0 radical (unpaired) electrons. The summed E-state index contributed by atoms with van der Waals surface area (Å²) in [6.45, 7) is 1.29. The molecule has 46 heavy (non-hydrogen) atoms. The van der Waals surface area contributed by atoms with Gasteiger partial charge in [-0.3, -0.25) is 4.79 Å². The van der Waals surface area contributed by atoms with Crippen molar-refractivity contribution in [3.8, 4) is 11.5 Å². The molecule has 0 heterocycles. The predicted octanol–water partition coefficient (Wildman–Crippen LogP) is 7.51. The number of nitrogens with one attached hydrogen (secondary N) is 2. The fraction of sp³-hybridized carbons (Fsp3) is 0.179. The van der Waals surface area contributed by atoms with E-state index in [4.69, 9.17) is 9.47 Å². The summed E-state index contributed by atoms with van der Waals surface area (Å²) in [5.41, 5.74) is 5.73. The average molecular weight is 615 g/mol. The van der Waals surface area contributed by atoms with Gasteiger partial charge < -0.3 is 25.2 Å². The summed E-state index contributed by atoms with van der Waals surface area (Å²) in [6, 6.07) is 38.8. The first-order valence-corrected chi connectivity index (χ1v) is 15.4. The van der Waals surface area contributed by atoms with E-state index >= 15 is 0 Å². The van der Waals surface area contributed by atoms with Gasteiger partial charge in [-0.25, -0.2) is 4.79 Å². The van der Waals surface area contributed by atoms with Crippen LogP contribution >= 0.6 is 0 Å². The molecule has 234 valence electrons. The van der Waals surface area contributed by atoms with E-state index in [1.807, 2.05) is 60.7 Å². The molecule has 5 aromatic rings. The maximum Gasteiger partial charge on any atom is 0.326 e. The van der Waals surface area contributed by atoms with E-state index in [1.165, 1.54) is 5.56 Å². The van der Waals surface area contributed by atoms with E-state index in [-0.39, 0.29) is 12.2 Å². The highest BCUT2D eigenvalue weighted by Crippen LogP contribution is 2.25. The summed E-state index contributed by atoms with van der Waals surface area (Å²) in [4.78, 5) is 25.3. The van der Waals surface area contributed by atoms with E-state index < -0.39 is 12.0 Å². The first-order chi connectivity index (χ1) is 22.5. The number of carboxylic acids is 1. The zero-order chi connectivity index (χ0) is 32.1. The third-order valence-electron chi connectivity index (χ3n) is 7.69. The first-order valence-electron chi connectivity index (χ1n) is 15.4. The molecule has 1 unspecified atom stereocenters. The second kappa shape index (κ2) is 16.0. The second-order valence-corrected chi connectivity index (χ2v) is 10.9. The molecule has 0 aliphatic heterocycles. The molecule has 0 aliphatic carbocycles. The molecule has 0 fully saturated rings. The van der Waals surface area contributed by atoms with E-state index in [0.29, 0.717) is 23.4 Å². The summed E-state index contributed by atoms with van der Waals surface area (Å²) < 4.78 is 11.5. The van der Waals surface area contributed by atoms with E-state index in [1.54, 1.807) is 55.6 Å². The molecule has 5 aromatic carbocycles. The largest absolute Gasteiger partial charge is 0.496 e. The molecular formula is C39H38N2O5. The SMILES string of the molecule is COc1ccccc1Cc1ccccc1NCCCOc1ccc(CC(Nc2ccccc2C(=O)c2ccccc2)C(=O)O)cc1. The zero-order valence-electron chi connectivity index (χ0n) is 25.8. The van der Waals surface area contributed by atoms with Crippen molar-refractivity contribution >= 4 is 23.1 Å². The molecular weight excluding hydrogens is 576 g/mol. The predicted molar refractivity (Wildman–Crippen MR) is 182 cm³/mol. The van der Waals surface area contributed by atoms with Crippen LogP contribution in [-0.2, 0) is 17.6 Å². The van der Waals surface area contributed by atoms with E-state index in [9.17, 15) is 14.7 Å². The molecule has 1 atom stereocenters.